The summed E-state index contributed by atoms with van der Waals surface area (Å²) in [7, 11) is 0. The van der Waals surface area contributed by atoms with Crippen molar-refractivity contribution in [2.75, 3.05) is 0 Å². The fourth-order valence-electron chi connectivity index (χ4n) is 1.14. The number of hydrogen-bond donors (Lipinski definition) is 0. The first kappa shape index (κ1) is 10.3. The van der Waals surface area contributed by atoms with E-state index in [1.807, 2.05) is 4.68 Å². The highest BCUT2D eigenvalue weighted by Gasteiger charge is 2.11. The van der Waals surface area contributed by atoms with Crippen LogP contribution in [0.1, 0.15) is 25.2 Å². The van der Waals surface area contributed by atoms with E-state index in [0.717, 1.165) is 33.8 Å². The Morgan fingerprint density at radius 1 is 1.50 bits per heavy atom. The van der Waals surface area contributed by atoms with Crippen LogP contribution in [0.15, 0.2) is 0 Å². The average molecular weight is 299 g/mol. The van der Waals surface area contributed by atoms with Gasteiger partial charge in [-0.15, -0.1) is 0 Å². The van der Waals surface area contributed by atoms with Crippen molar-refractivity contribution in [3.05, 3.63) is 16.4 Å². The predicted molar refractivity (Wildman–Crippen MR) is 60.0 cm³/mol. The molecule has 0 aliphatic rings. The lowest BCUT2D eigenvalue weighted by atomic mass is 10.3. The summed E-state index contributed by atoms with van der Waals surface area (Å²) in [6.45, 7) is 5.06. The summed E-state index contributed by atoms with van der Waals surface area (Å²) in [6.07, 6.45) is 0.912. The maximum atomic E-state index is 6.12. The number of nitrogens with zero attached hydrogens (tertiary/aromatic N) is 2. The van der Waals surface area contributed by atoms with Crippen molar-refractivity contribution in [2.24, 2.45) is 0 Å². The van der Waals surface area contributed by atoms with Crippen molar-refractivity contribution in [1.29, 1.82) is 0 Å². The molecule has 68 valence electrons. The van der Waals surface area contributed by atoms with Crippen LogP contribution in [0.4, 0.5) is 0 Å². The summed E-state index contributed by atoms with van der Waals surface area (Å²) in [4.78, 5) is 0. The lowest BCUT2D eigenvalue weighted by Gasteiger charge is -1.99. The lowest BCUT2D eigenvalue weighted by molar-refractivity contribution is 0.629. The van der Waals surface area contributed by atoms with Gasteiger partial charge in [-0.1, -0.05) is 41.1 Å². The maximum Gasteiger partial charge on any atom is 0.0857 e. The van der Waals surface area contributed by atoms with Crippen LogP contribution < -0.4 is 0 Å². The Hall–Kier alpha value is 0.230. The van der Waals surface area contributed by atoms with E-state index in [1.165, 1.54) is 0 Å². The van der Waals surface area contributed by atoms with Gasteiger partial charge < -0.3 is 0 Å². The average Bonchev–Trinajstić information content (AvgIpc) is 2.41. The monoisotopic (exact) mass is 298 g/mol. The standard InChI is InChI=1S/C8H12ClIN2/c1-3-6-8(9)7(5-10)12(4-2)11-6/h3-5H2,1-2H3. The molecule has 0 aliphatic heterocycles. The molecule has 2 nitrogen and oxygen atoms in total. The van der Waals surface area contributed by atoms with Crippen LogP contribution in [0.5, 0.6) is 0 Å². The lowest BCUT2D eigenvalue weighted by Crippen LogP contribution is -2.00. The minimum Gasteiger partial charge on any atom is -0.267 e. The minimum atomic E-state index is 0.855. The van der Waals surface area contributed by atoms with E-state index >= 15 is 0 Å². The summed E-state index contributed by atoms with van der Waals surface area (Å²) in [5.74, 6) is 0. The Morgan fingerprint density at radius 2 is 2.17 bits per heavy atom. The van der Waals surface area contributed by atoms with Gasteiger partial charge >= 0.3 is 0 Å². The van der Waals surface area contributed by atoms with E-state index in [4.69, 9.17) is 11.6 Å². The summed E-state index contributed by atoms with van der Waals surface area (Å²) in [6, 6.07) is 0. The molecule has 0 bridgehead atoms. The molecule has 0 saturated heterocycles. The minimum absolute atomic E-state index is 0.855. The van der Waals surface area contributed by atoms with E-state index in [1.54, 1.807) is 0 Å². The number of aromatic nitrogens is 2. The molecule has 0 N–H and O–H groups in total. The summed E-state index contributed by atoms with van der Waals surface area (Å²) in [5.41, 5.74) is 2.17. The zero-order valence-electron chi connectivity index (χ0n) is 7.27. The van der Waals surface area contributed by atoms with E-state index < -0.39 is 0 Å². The molecule has 4 heteroatoms. The van der Waals surface area contributed by atoms with Gasteiger partial charge in [0.05, 0.1) is 16.4 Å². The van der Waals surface area contributed by atoms with E-state index in [-0.39, 0.29) is 0 Å². The van der Waals surface area contributed by atoms with Crippen LogP contribution in [-0.4, -0.2) is 9.78 Å². The molecule has 1 aromatic heterocycles. The molecule has 0 fully saturated rings. The second kappa shape index (κ2) is 4.46. The third-order valence-electron chi connectivity index (χ3n) is 1.82. The largest absolute Gasteiger partial charge is 0.267 e. The van der Waals surface area contributed by atoms with Crippen LogP contribution in [0, 0.1) is 0 Å². The molecule has 1 aromatic rings. The van der Waals surface area contributed by atoms with Crippen LogP contribution in [0.2, 0.25) is 5.02 Å². The third kappa shape index (κ3) is 1.76. The molecule has 0 aromatic carbocycles. The highest BCUT2D eigenvalue weighted by atomic mass is 127. The summed E-state index contributed by atoms with van der Waals surface area (Å²) in [5, 5.41) is 5.25. The first-order chi connectivity index (χ1) is 5.74. The number of halogens is 2. The summed E-state index contributed by atoms with van der Waals surface area (Å²) >= 11 is 8.43. The third-order valence-corrected chi connectivity index (χ3v) is 2.98. The Labute approximate surface area is 91.4 Å². The SMILES string of the molecule is CCc1nn(CC)c(CI)c1Cl. The van der Waals surface area contributed by atoms with Gasteiger partial charge in [-0.3, -0.25) is 4.68 Å². The molecular weight excluding hydrogens is 286 g/mol. The summed E-state index contributed by atoms with van der Waals surface area (Å²) < 4.78 is 2.91. The first-order valence-corrected chi connectivity index (χ1v) is 5.94. The number of aryl methyl sites for hydroxylation is 2. The van der Waals surface area contributed by atoms with Crippen molar-refractivity contribution >= 4 is 34.2 Å². The Kier molecular flexibility index (Phi) is 3.83. The van der Waals surface area contributed by atoms with Gasteiger partial charge in [0, 0.05) is 11.0 Å². The quantitative estimate of drug-likeness (QED) is 0.619. The van der Waals surface area contributed by atoms with Gasteiger partial charge in [0.25, 0.3) is 0 Å². The Balaban J connectivity index is 3.13. The molecule has 0 aliphatic carbocycles. The second-order valence-corrected chi connectivity index (χ2v) is 3.65. The van der Waals surface area contributed by atoms with Crippen molar-refractivity contribution < 1.29 is 0 Å². The Morgan fingerprint density at radius 3 is 2.50 bits per heavy atom. The molecule has 12 heavy (non-hydrogen) atoms. The van der Waals surface area contributed by atoms with Gasteiger partial charge in [-0.25, -0.2) is 0 Å². The van der Waals surface area contributed by atoms with Gasteiger partial charge in [0.1, 0.15) is 0 Å². The van der Waals surface area contributed by atoms with Crippen LogP contribution in [-0.2, 0) is 17.4 Å². The van der Waals surface area contributed by atoms with Crippen molar-refractivity contribution in [2.45, 2.75) is 31.2 Å². The van der Waals surface area contributed by atoms with Crippen LogP contribution >= 0.6 is 34.2 Å². The molecule has 1 rings (SSSR count). The predicted octanol–water partition coefficient (Wildman–Crippen LogP) is 3.05. The molecule has 0 saturated carbocycles. The van der Waals surface area contributed by atoms with E-state index in [9.17, 15) is 0 Å². The maximum absolute atomic E-state index is 6.12. The fourth-order valence-corrected chi connectivity index (χ4v) is 2.48. The molecule has 0 radical (unpaired) electrons. The number of hydrogen-bond acceptors (Lipinski definition) is 1. The van der Waals surface area contributed by atoms with Crippen molar-refractivity contribution in [1.82, 2.24) is 9.78 Å². The van der Waals surface area contributed by atoms with Crippen molar-refractivity contribution in [3.8, 4) is 0 Å². The zero-order chi connectivity index (χ0) is 9.14. The molecule has 0 amide bonds. The highest BCUT2D eigenvalue weighted by molar-refractivity contribution is 14.1. The topological polar surface area (TPSA) is 17.8 Å². The van der Waals surface area contributed by atoms with Crippen LogP contribution in [0.25, 0.3) is 0 Å². The highest BCUT2D eigenvalue weighted by Crippen LogP contribution is 2.23. The zero-order valence-corrected chi connectivity index (χ0v) is 10.2. The van der Waals surface area contributed by atoms with Gasteiger partial charge in [-0.2, -0.15) is 5.10 Å². The number of rotatable bonds is 3. The molecule has 1 heterocycles. The molecular formula is C8H12ClIN2. The second-order valence-electron chi connectivity index (χ2n) is 2.51. The van der Waals surface area contributed by atoms with Gasteiger partial charge in [0.2, 0.25) is 0 Å². The molecule has 0 atom stereocenters. The smallest absolute Gasteiger partial charge is 0.0857 e. The van der Waals surface area contributed by atoms with Gasteiger partial charge in [0.15, 0.2) is 0 Å². The van der Waals surface area contributed by atoms with Crippen molar-refractivity contribution in [3.63, 3.8) is 0 Å². The van der Waals surface area contributed by atoms with E-state index in [2.05, 4.69) is 41.5 Å². The molecule has 0 unspecified atom stereocenters. The van der Waals surface area contributed by atoms with Crippen LogP contribution in [0.3, 0.4) is 0 Å². The van der Waals surface area contributed by atoms with Gasteiger partial charge in [-0.05, 0) is 13.3 Å². The number of alkyl halides is 1. The normalized spacial score (nSPS) is 10.7. The molecule has 0 spiro atoms. The van der Waals surface area contributed by atoms with E-state index in [0.29, 0.717) is 0 Å². The Bertz CT molecular complexity index is 270. The first-order valence-electron chi connectivity index (χ1n) is 4.04. The fraction of sp³-hybridized carbons (Fsp3) is 0.625.